The molecule has 0 aliphatic carbocycles. The molecule has 0 radical (unpaired) electrons. The van der Waals surface area contributed by atoms with E-state index >= 15 is 0 Å². The van der Waals surface area contributed by atoms with E-state index in [1.165, 1.54) is 12.1 Å². The molecule has 0 unspecified atom stereocenters. The van der Waals surface area contributed by atoms with Crippen molar-refractivity contribution in [3.05, 3.63) is 60.3 Å². The van der Waals surface area contributed by atoms with Gasteiger partial charge in [0.2, 0.25) is 0 Å². The highest BCUT2D eigenvalue weighted by Gasteiger charge is 2.21. The van der Waals surface area contributed by atoms with Crippen LogP contribution in [0.25, 0.3) is 11.3 Å². The van der Waals surface area contributed by atoms with Crippen molar-refractivity contribution < 1.29 is 23.0 Å². The summed E-state index contributed by atoms with van der Waals surface area (Å²) in [4.78, 5) is 0. The lowest BCUT2D eigenvalue weighted by molar-refractivity contribution is -0.0499. The fraction of sp³-hybridized carbons (Fsp3) is 0.286. The van der Waals surface area contributed by atoms with Crippen molar-refractivity contribution in [2.24, 2.45) is 0 Å². The molecule has 6 nitrogen and oxygen atoms in total. The summed E-state index contributed by atoms with van der Waals surface area (Å²) in [5, 5.41) is 4.61. The summed E-state index contributed by atoms with van der Waals surface area (Å²) in [6.45, 7) is -1.24. The first-order chi connectivity index (χ1) is 14.1. The van der Waals surface area contributed by atoms with Crippen molar-refractivity contribution in [1.29, 1.82) is 0 Å². The number of hydrogen-bond donors (Lipinski definition) is 1. The van der Waals surface area contributed by atoms with Gasteiger partial charge in [0.1, 0.15) is 17.6 Å². The van der Waals surface area contributed by atoms with Gasteiger partial charge in [-0.1, -0.05) is 12.1 Å². The van der Waals surface area contributed by atoms with Gasteiger partial charge in [0.25, 0.3) is 0 Å². The monoisotopic (exact) mass is 401 g/mol. The molecule has 29 heavy (non-hydrogen) atoms. The van der Waals surface area contributed by atoms with E-state index in [1.54, 1.807) is 10.7 Å². The van der Waals surface area contributed by atoms with E-state index in [4.69, 9.17) is 15.2 Å². The summed E-state index contributed by atoms with van der Waals surface area (Å²) in [5.74, 6) is 0.482. The van der Waals surface area contributed by atoms with Gasteiger partial charge in [0, 0.05) is 29.9 Å². The lowest BCUT2D eigenvalue weighted by atomic mass is 10.1. The average Bonchev–Trinajstić information content (AvgIpc) is 3.36. The zero-order valence-corrected chi connectivity index (χ0v) is 15.6. The number of alkyl halides is 2. The van der Waals surface area contributed by atoms with Gasteiger partial charge in [0.15, 0.2) is 0 Å². The molecule has 2 N–H and O–H groups in total. The molecule has 1 atom stereocenters. The Kier molecular flexibility index (Phi) is 5.62. The third-order valence-corrected chi connectivity index (χ3v) is 4.60. The van der Waals surface area contributed by atoms with Gasteiger partial charge in [-0.2, -0.15) is 13.9 Å². The molecule has 1 aliphatic heterocycles. The molecule has 0 bridgehead atoms. The predicted octanol–water partition coefficient (Wildman–Crippen LogP) is 3.95. The maximum absolute atomic E-state index is 12.6. The summed E-state index contributed by atoms with van der Waals surface area (Å²) in [6, 6.07) is 14.1. The van der Waals surface area contributed by atoms with Crippen LogP contribution in [-0.4, -0.2) is 35.7 Å². The van der Waals surface area contributed by atoms with Crippen LogP contribution >= 0.6 is 0 Å². The summed E-state index contributed by atoms with van der Waals surface area (Å²) in [7, 11) is 0. The third-order valence-electron chi connectivity index (χ3n) is 4.60. The number of aromatic nitrogens is 2. The van der Waals surface area contributed by atoms with Crippen LogP contribution in [0, 0.1) is 0 Å². The Labute approximate surface area is 166 Å². The number of anilines is 1. The van der Waals surface area contributed by atoms with Crippen LogP contribution in [0.15, 0.2) is 54.7 Å². The number of hydrogen-bond acceptors (Lipinski definition) is 5. The number of nitrogens with zero attached hydrogens (tertiary/aromatic N) is 2. The van der Waals surface area contributed by atoms with Crippen LogP contribution in [0.4, 0.5) is 14.5 Å². The Morgan fingerprint density at radius 2 is 2.00 bits per heavy atom. The molecule has 0 amide bonds. The quantitative estimate of drug-likeness (QED) is 0.607. The maximum atomic E-state index is 12.6. The van der Waals surface area contributed by atoms with E-state index in [1.807, 2.05) is 36.5 Å². The van der Waals surface area contributed by atoms with Crippen molar-refractivity contribution in [3.63, 3.8) is 0 Å². The molecule has 3 aromatic rings. The van der Waals surface area contributed by atoms with Crippen LogP contribution in [0.5, 0.6) is 11.5 Å². The highest BCUT2D eigenvalue weighted by Crippen LogP contribution is 2.34. The van der Waals surface area contributed by atoms with Gasteiger partial charge in [0.05, 0.1) is 25.5 Å². The summed E-state index contributed by atoms with van der Waals surface area (Å²) in [5.41, 5.74) is 8.88. The minimum Gasteiger partial charge on any atom is -0.487 e. The van der Waals surface area contributed by atoms with Crippen LogP contribution in [0.1, 0.15) is 12.0 Å². The fourth-order valence-corrected chi connectivity index (χ4v) is 3.18. The molecule has 152 valence electrons. The Hall–Kier alpha value is -3.13. The first-order valence-corrected chi connectivity index (χ1v) is 9.28. The van der Waals surface area contributed by atoms with Gasteiger partial charge in [-0.05, 0) is 35.9 Å². The SMILES string of the molecule is Nc1ccc(Cn2ccc(-c3ccc(OC(F)F)cc3O[C@@H]3CCOC3)n2)cc1. The lowest BCUT2D eigenvalue weighted by Crippen LogP contribution is -2.16. The highest BCUT2D eigenvalue weighted by atomic mass is 19.3. The topological polar surface area (TPSA) is 71.5 Å². The second-order valence-corrected chi connectivity index (χ2v) is 6.78. The van der Waals surface area contributed by atoms with E-state index in [2.05, 4.69) is 9.84 Å². The van der Waals surface area contributed by atoms with Crippen molar-refractivity contribution >= 4 is 5.69 Å². The number of nitrogen functional groups attached to an aromatic ring is 1. The molecule has 1 saturated heterocycles. The number of benzene rings is 2. The van der Waals surface area contributed by atoms with Crippen molar-refractivity contribution in [2.45, 2.75) is 25.7 Å². The van der Waals surface area contributed by atoms with Gasteiger partial charge >= 0.3 is 6.61 Å². The van der Waals surface area contributed by atoms with Crippen molar-refractivity contribution in [3.8, 4) is 22.8 Å². The van der Waals surface area contributed by atoms with E-state index in [9.17, 15) is 8.78 Å². The minimum absolute atomic E-state index is 0.0407. The molecule has 4 rings (SSSR count). The molecule has 0 spiro atoms. The number of ether oxygens (including phenoxy) is 3. The zero-order chi connectivity index (χ0) is 20.2. The number of rotatable bonds is 7. The summed E-state index contributed by atoms with van der Waals surface area (Å²) >= 11 is 0. The predicted molar refractivity (Wildman–Crippen MR) is 104 cm³/mol. The van der Waals surface area contributed by atoms with E-state index in [0.29, 0.717) is 42.5 Å². The molecule has 1 aromatic heterocycles. The first-order valence-electron chi connectivity index (χ1n) is 9.28. The van der Waals surface area contributed by atoms with E-state index < -0.39 is 6.61 Å². The molecule has 1 fully saturated rings. The van der Waals surface area contributed by atoms with E-state index in [-0.39, 0.29) is 11.9 Å². The second-order valence-electron chi connectivity index (χ2n) is 6.78. The molecule has 2 aromatic carbocycles. The molecule has 2 heterocycles. The van der Waals surface area contributed by atoms with Crippen LogP contribution < -0.4 is 15.2 Å². The van der Waals surface area contributed by atoms with Gasteiger partial charge in [-0.3, -0.25) is 4.68 Å². The Morgan fingerprint density at radius 1 is 1.17 bits per heavy atom. The van der Waals surface area contributed by atoms with E-state index in [0.717, 1.165) is 12.0 Å². The van der Waals surface area contributed by atoms with Gasteiger partial charge < -0.3 is 19.9 Å². The minimum atomic E-state index is -2.90. The molecule has 8 heteroatoms. The fourth-order valence-electron chi connectivity index (χ4n) is 3.18. The summed E-state index contributed by atoms with van der Waals surface area (Å²) < 4.78 is 42.9. The standard InChI is InChI=1S/C21H21F2N3O3/c22-21(23)29-16-5-6-18(20(11-16)28-17-8-10-27-13-17)19-7-9-26(25-19)12-14-1-3-15(24)4-2-14/h1-7,9,11,17,21H,8,10,12-13,24H2/t17-/m1/s1. The van der Waals surface area contributed by atoms with Crippen molar-refractivity contribution in [1.82, 2.24) is 9.78 Å². The molecule has 0 saturated carbocycles. The molecular weight excluding hydrogens is 380 g/mol. The Bertz CT molecular complexity index is 954. The highest BCUT2D eigenvalue weighted by molar-refractivity contribution is 5.68. The Morgan fingerprint density at radius 3 is 2.72 bits per heavy atom. The summed E-state index contributed by atoms with van der Waals surface area (Å²) in [6.07, 6.45) is 2.47. The normalized spacial score (nSPS) is 16.3. The van der Waals surface area contributed by atoms with Crippen LogP contribution in [0.3, 0.4) is 0 Å². The zero-order valence-electron chi connectivity index (χ0n) is 15.6. The number of nitrogens with two attached hydrogens (primary N) is 1. The first kappa shape index (κ1) is 19.2. The molecular formula is C21H21F2N3O3. The number of halogens is 2. The second kappa shape index (κ2) is 8.48. The maximum Gasteiger partial charge on any atom is 0.387 e. The lowest BCUT2D eigenvalue weighted by Gasteiger charge is -2.16. The van der Waals surface area contributed by atoms with Crippen LogP contribution in [-0.2, 0) is 11.3 Å². The Balaban J connectivity index is 1.59. The third kappa shape index (κ3) is 4.83. The van der Waals surface area contributed by atoms with Crippen LogP contribution in [0.2, 0.25) is 0 Å². The van der Waals surface area contributed by atoms with Gasteiger partial charge in [-0.15, -0.1) is 0 Å². The smallest absolute Gasteiger partial charge is 0.387 e. The molecule has 1 aliphatic rings. The van der Waals surface area contributed by atoms with Gasteiger partial charge in [-0.25, -0.2) is 0 Å². The van der Waals surface area contributed by atoms with Crippen molar-refractivity contribution in [2.75, 3.05) is 18.9 Å². The largest absolute Gasteiger partial charge is 0.487 e. The average molecular weight is 401 g/mol.